The third kappa shape index (κ3) is 6.93. The van der Waals surface area contributed by atoms with Crippen LogP contribution in [0.25, 0.3) is 17.3 Å². The molecule has 7 nitrogen and oxygen atoms in total. The van der Waals surface area contributed by atoms with Crippen molar-refractivity contribution in [1.82, 2.24) is 24.3 Å². The average molecular weight is 596 g/mol. The molecule has 7 heteroatoms. The first-order valence-corrected chi connectivity index (χ1v) is 15.3. The van der Waals surface area contributed by atoms with Gasteiger partial charge in [0.1, 0.15) is 11.9 Å². The molecule has 0 spiro atoms. The lowest BCUT2D eigenvalue weighted by molar-refractivity contribution is -0.144. The van der Waals surface area contributed by atoms with E-state index in [0.717, 1.165) is 45.9 Å². The third-order valence-corrected chi connectivity index (χ3v) is 8.58. The Morgan fingerprint density at radius 1 is 0.867 bits per heavy atom. The molecule has 5 aromatic rings. The molecule has 226 valence electrons. The highest BCUT2D eigenvalue weighted by Gasteiger charge is 2.34. The zero-order valence-electron chi connectivity index (χ0n) is 25.7. The van der Waals surface area contributed by atoms with Crippen LogP contribution in [0.3, 0.4) is 0 Å². The van der Waals surface area contributed by atoms with Gasteiger partial charge in [-0.15, -0.1) is 0 Å². The monoisotopic (exact) mass is 595 g/mol. The van der Waals surface area contributed by atoms with Crippen LogP contribution in [-0.4, -0.2) is 48.7 Å². The van der Waals surface area contributed by atoms with E-state index in [1.807, 2.05) is 108 Å². The molecular weight excluding hydrogens is 558 g/mol. The van der Waals surface area contributed by atoms with Crippen molar-refractivity contribution in [1.29, 1.82) is 0 Å². The van der Waals surface area contributed by atoms with Gasteiger partial charge in [-0.25, -0.2) is 4.98 Å². The van der Waals surface area contributed by atoms with Crippen molar-refractivity contribution in [3.8, 4) is 11.3 Å². The van der Waals surface area contributed by atoms with Gasteiger partial charge in [0.05, 0.1) is 17.6 Å². The highest BCUT2D eigenvalue weighted by Crippen LogP contribution is 2.24. The topological polar surface area (TPSA) is 71.3 Å². The largest absolute Gasteiger partial charge is 0.336 e. The van der Waals surface area contributed by atoms with Crippen LogP contribution in [0.15, 0.2) is 116 Å². The molecule has 0 saturated carbocycles. The smallest absolute Gasteiger partial charge is 0.247 e. The Bertz CT molecular complexity index is 1800. The number of pyridine rings is 1. The quantitative estimate of drug-likeness (QED) is 0.195. The maximum absolute atomic E-state index is 14.5. The first-order chi connectivity index (χ1) is 22.0. The maximum Gasteiger partial charge on any atom is 0.247 e. The Balaban J connectivity index is 1.35. The van der Waals surface area contributed by atoms with Crippen LogP contribution in [0.4, 0.5) is 0 Å². The molecule has 6 rings (SSSR count). The van der Waals surface area contributed by atoms with Gasteiger partial charge in [-0.3, -0.25) is 14.6 Å². The number of hydrogen-bond acceptors (Lipinski definition) is 4. The van der Waals surface area contributed by atoms with Crippen LogP contribution in [0, 0.1) is 6.92 Å². The molecule has 1 aliphatic rings. The van der Waals surface area contributed by atoms with Crippen molar-refractivity contribution in [3.63, 3.8) is 0 Å². The molecule has 0 bridgehead atoms. The fourth-order valence-corrected chi connectivity index (χ4v) is 5.84. The molecule has 0 saturated heterocycles. The number of aryl methyl sites for hydroxylation is 1. The molecule has 3 heterocycles. The van der Waals surface area contributed by atoms with Gasteiger partial charge in [-0.2, -0.15) is 0 Å². The van der Waals surface area contributed by atoms with E-state index in [9.17, 15) is 9.59 Å². The van der Waals surface area contributed by atoms with Crippen LogP contribution >= 0.6 is 0 Å². The highest BCUT2D eigenvalue weighted by molar-refractivity contribution is 5.95. The van der Waals surface area contributed by atoms with E-state index < -0.39 is 6.04 Å². The number of amides is 2. The summed E-state index contributed by atoms with van der Waals surface area (Å²) in [6.07, 6.45) is 8.07. The first-order valence-electron chi connectivity index (χ1n) is 15.3. The Morgan fingerprint density at radius 3 is 2.31 bits per heavy atom. The number of nitrogens with zero attached hydrogens (tertiary/aromatic N) is 5. The number of rotatable bonds is 9. The summed E-state index contributed by atoms with van der Waals surface area (Å²) in [4.78, 5) is 41.1. The third-order valence-electron chi connectivity index (χ3n) is 8.58. The second-order valence-electron chi connectivity index (χ2n) is 11.5. The molecule has 0 radical (unpaired) electrons. The standard InChI is InChI=1S/C38H37N5O2/c1-28-40-25-34(41(28)2)19-20-37(44)43(26-30-15-17-32(18-16-30)35-14-8-9-22-39-35)36(24-29-10-4-3-5-11-29)38(45)42-23-21-31-12-6-7-13-33(31)27-42/h3-20,22,25,36H,21,23-24,26-27H2,1-2H3/t36-/m0/s1. The summed E-state index contributed by atoms with van der Waals surface area (Å²) >= 11 is 0. The average Bonchev–Trinajstić information content (AvgIpc) is 3.41. The van der Waals surface area contributed by atoms with E-state index in [0.29, 0.717) is 19.5 Å². The van der Waals surface area contributed by atoms with Gasteiger partial charge in [-0.1, -0.05) is 84.9 Å². The van der Waals surface area contributed by atoms with Crippen LogP contribution in [0.5, 0.6) is 0 Å². The molecule has 0 unspecified atom stereocenters. The zero-order valence-corrected chi connectivity index (χ0v) is 25.7. The lowest BCUT2D eigenvalue weighted by atomic mass is 9.97. The molecule has 45 heavy (non-hydrogen) atoms. The fourth-order valence-electron chi connectivity index (χ4n) is 5.84. The van der Waals surface area contributed by atoms with Gasteiger partial charge in [-0.05, 0) is 53.8 Å². The molecule has 1 atom stereocenters. The van der Waals surface area contributed by atoms with Crippen LogP contribution in [0.1, 0.15) is 33.8 Å². The molecule has 2 amide bonds. The minimum atomic E-state index is -0.696. The number of hydrogen-bond donors (Lipinski definition) is 0. The first kappa shape index (κ1) is 29.8. The Kier molecular flexibility index (Phi) is 8.96. The summed E-state index contributed by atoms with van der Waals surface area (Å²) in [6.45, 7) is 3.35. The minimum Gasteiger partial charge on any atom is -0.336 e. The minimum absolute atomic E-state index is 0.0448. The predicted molar refractivity (Wildman–Crippen MR) is 177 cm³/mol. The summed E-state index contributed by atoms with van der Waals surface area (Å²) < 4.78 is 1.93. The summed E-state index contributed by atoms with van der Waals surface area (Å²) in [7, 11) is 1.92. The second kappa shape index (κ2) is 13.6. The maximum atomic E-state index is 14.5. The Morgan fingerprint density at radius 2 is 1.60 bits per heavy atom. The zero-order chi connectivity index (χ0) is 31.2. The molecular formula is C38H37N5O2. The van der Waals surface area contributed by atoms with Gasteiger partial charge < -0.3 is 14.4 Å². The molecule has 3 aromatic carbocycles. The van der Waals surface area contributed by atoms with Crippen molar-refractivity contribution in [2.24, 2.45) is 7.05 Å². The van der Waals surface area contributed by atoms with Crippen molar-refractivity contribution >= 4 is 17.9 Å². The lowest BCUT2D eigenvalue weighted by Gasteiger charge is -2.37. The number of fused-ring (bicyclic) bond motifs is 1. The normalized spacial score (nSPS) is 13.4. The highest BCUT2D eigenvalue weighted by atomic mass is 16.2. The van der Waals surface area contributed by atoms with Crippen molar-refractivity contribution < 1.29 is 9.59 Å². The molecule has 0 N–H and O–H groups in total. The van der Waals surface area contributed by atoms with Crippen LogP contribution < -0.4 is 0 Å². The van der Waals surface area contributed by atoms with E-state index in [1.165, 1.54) is 5.56 Å². The van der Waals surface area contributed by atoms with Gasteiger partial charge in [0, 0.05) is 50.9 Å². The van der Waals surface area contributed by atoms with Crippen molar-refractivity contribution in [2.75, 3.05) is 6.54 Å². The number of imidazole rings is 1. The number of benzene rings is 3. The summed E-state index contributed by atoms with van der Waals surface area (Å²) in [5, 5.41) is 0. The molecule has 0 fully saturated rings. The molecule has 1 aliphatic heterocycles. The van der Waals surface area contributed by atoms with Crippen LogP contribution in [-0.2, 0) is 42.6 Å². The van der Waals surface area contributed by atoms with Crippen molar-refractivity contribution in [3.05, 3.63) is 149 Å². The predicted octanol–water partition coefficient (Wildman–Crippen LogP) is 6.03. The van der Waals surface area contributed by atoms with E-state index in [2.05, 4.69) is 22.1 Å². The number of carbonyl (C=O) groups is 2. The Labute approximate surface area is 264 Å². The number of aromatic nitrogens is 3. The van der Waals surface area contributed by atoms with Gasteiger partial charge in [0.2, 0.25) is 11.8 Å². The van der Waals surface area contributed by atoms with E-state index in [4.69, 9.17) is 0 Å². The number of carbonyl (C=O) groups excluding carboxylic acids is 2. The van der Waals surface area contributed by atoms with Crippen LogP contribution in [0.2, 0.25) is 0 Å². The lowest BCUT2D eigenvalue weighted by Crippen LogP contribution is -2.52. The van der Waals surface area contributed by atoms with E-state index >= 15 is 0 Å². The molecule has 0 aliphatic carbocycles. The molecule has 2 aromatic heterocycles. The van der Waals surface area contributed by atoms with Gasteiger partial charge >= 0.3 is 0 Å². The second-order valence-corrected chi connectivity index (χ2v) is 11.5. The summed E-state index contributed by atoms with van der Waals surface area (Å²) in [5.74, 6) is 0.584. The van der Waals surface area contributed by atoms with Gasteiger partial charge in [0.25, 0.3) is 0 Å². The van der Waals surface area contributed by atoms with E-state index in [-0.39, 0.29) is 18.4 Å². The van der Waals surface area contributed by atoms with E-state index in [1.54, 1.807) is 29.4 Å². The summed E-state index contributed by atoms with van der Waals surface area (Å²) in [5.41, 5.74) is 7.06. The van der Waals surface area contributed by atoms with Gasteiger partial charge in [0.15, 0.2) is 0 Å². The SMILES string of the molecule is Cc1ncc(C=CC(=O)N(Cc2ccc(-c3ccccn3)cc2)[C@@H](Cc2ccccc2)C(=O)N2CCc3ccccc3C2)n1C. The van der Waals surface area contributed by atoms with Crippen molar-refractivity contribution in [2.45, 2.75) is 38.9 Å². The Hall–Kier alpha value is -5.30. The summed E-state index contributed by atoms with van der Waals surface area (Å²) in [6, 6.07) is 31.4. The fraction of sp³-hybridized carbons (Fsp3) is 0.211.